The molecule has 0 fully saturated rings. The van der Waals surface area contributed by atoms with E-state index < -0.39 is 15.8 Å². The number of hydrogen-bond donors (Lipinski definition) is 0. The number of hydrogen-bond acceptors (Lipinski definition) is 4. The number of sulfone groups is 1. The largest absolute Gasteiger partial charge is 0.465 e. The van der Waals surface area contributed by atoms with Crippen molar-refractivity contribution in [3.63, 3.8) is 0 Å². The number of carbonyl (C=O) groups is 1. The van der Waals surface area contributed by atoms with E-state index >= 15 is 0 Å². The summed E-state index contributed by atoms with van der Waals surface area (Å²) in [5.74, 6) is -0.295. The number of esters is 1. The van der Waals surface area contributed by atoms with Gasteiger partial charge in [0.2, 0.25) is 0 Å². The molecule has 0 atom stereocenters. The maximum atomic E-state index is 12.2. The lowest BCUT2D eigenvalue weighted by Crippen LogP contribution is -2.08. The lowest BCUT2D eigenvalue weighted by atomic mass is 10.1. The van der Waals surface area contributed by atoms with Crippen molar-refractivity contribution in [1.82, 2.24) is 0 Å². The summed E-state index contributed by atoms with van der Waals surface area (Å²) in [7, 11) is -1.96. The van der Waals surface area contributed by atoms with Crippen molar-refractivity contribution in [2.75, 3.05) is 12.9 Å². The van der Waals surface area contributed by atoms with E-state index in [1.807, 2.05) is 0 Å². The third-order valence-electron chi connectivity index (χ3n) is 3.90. The number of unbranched alkanes of at least 4 members (excludes halogenated alkanes) is 7. The minimum atomic E-state index is -3.26. The summed E-state index contributed by atoms with van der Waals surface area (Å²) in [6.45, 7) is 2.20. The van der Waals surface area contributed by atoms with Gasteiger partial charge in [0, 0.05) is 0 Å². The Kier molecular flexibility index (Phi) is 8.92. The fourth-order valence-corrected chi connectivity index (χ4v) is 3.83. The number of carbonyl (C=O) groups excluding carboxylic acids is 1. The van der Waals surface area contributed by atoms with Gasteiger partial charge in [0.15, 0.2) is 9.84 Å². The van der Waals surface area contributed by atoms with Crippen LogP contribution in [0.3, 0.4) is 0 Å². The molecule has 1 aromatic rings. The molecule has 0 heterocycles. The summed E-state index contributed by atoms with van der Waals surface area (Å²) in [5.41, 5.74) is 0.360. The average molecular weight is 340 g/mol. The summed E-state index contributed by atoms with van der Waals surface area (Å²) in [6.07, 6.45) is 8.98. The third-order valence-corrected chi connectivity index (χ3v) is 5.72. The summed E-state index contributed by atoms with van der Waals surface area (Å²) in [4.78, 5) is 11.6. The SMILES string of the molecule is CCCCCCCCCCS(=O)(=O)c1ccc(C(=O)OC)cc1. The van der Waals surface area contributed by atoms with Crippen LogP contribution in [0.5, 0.6) is 0 Å². The lowest BCUT2D eigenvalue weighted by molar-refractivity contribution is 0.0600. The quantitative estimate of drug-likeness (QED) is 0.443. The Bertz CT molecular complexity index is 561. The Hall–Kier alpha value is -1.36. The Morgan fingerprint density at radius 3 is 1.96 bits per heavy atom. The van der Waals surface area contributed by atoms with E-state index in [2.05, 4.69) is 11.7 Å². The Balaban J connectivity index is 2.36. The van der Waals surface area contributed by atoms with E-state index in [-0.39, 0.29) is 10.6 Å². The van der Waals surface area contributed by atoms with Crippen molar-refractivity contribution >= 4 is 15.8 Å². The van der Waals surface area contributed by atoms with E-state index in [0.29, 0.717) is 12.0 Å². The van der Waals surface area contributed by atoms with E-state index in [1.165, 1.54) is 63.5 Å². The molecular weight excluding hydrogens is 312 g/mol. The molecule has 0 aliphatic heterocycles. The van der Waals surface area contributed by atoms with Gasteiger partial charge in [-0.1, -0.05) is 51.9 Å². The third kappa shape index (κ3) is 7.16. The van der Waals surface area contributed by atoms with Crippen molar-refractivity contribution < 1.29 is 17.9 Å². The Labute approximate surface area is 140 Å². The highest BCUT2D eigenvalue weighted by Crippen LogP contribution is 2.16. The molecule has 1 rings (SSSR count). The smallest absolute Gasteiger partial charge is 0.337 e. The first-order valence-corrected chi connectivity index (χ1v) is 10.1. The second-order valence-electron chi connectivity index (χ2n) is 5.81. The molecule has 0 amide bonds. The van der Waals surface area contributed by atoms with Crippen LogP contribution in [-0.4, -0.2) is 27.2 Å². The monoisotopic (exact) mass is 340 g/mol. The first kappa shape index (κ1) is 19.7. The highest BCUT2D eigenvalue weighted by Gasteiger charge is 2.15. The number of ether oxygens (including phenoxy) is 1. The average Bonchev–Trinajstić information content (AvgIpc) is 2.56. The van der Waals surface area contributed by atoms with Crippen LogP contribution >= 0.6 is 0 Å². The fourth-order valence-electron chi connectivity index (χ4n) is 2.46. The predicted octanol–water partition coefficient (Wildman–Crippen LogP) is 4.39. The zero-order chi connectivity index (χ0) is 17.1. The van der Waals surface area contributed by atoms with Crippen LogP contribution in [0, 0.1) is 0 Å². The molecule has 0 aliphatic carbocycles. The molecule has 0 saturated heterocycles. The van der Waals surface area contributed by atoms with Crippen molar-refractivity contribution in [2.24, 2.45) is 0 Å². The van der Waals surface area contributed by atoms with Gasteiger partial charge in [-0.3, -0.25) is 0 Å². The molecule has 130 valence electrons. The molecule has 0 N–H and O–H groups in total. The maximum absolute atomic E-state index is 12.2. The summed E-state index contributed by atoms with van der Waals surface area (Å²) in [6, 6.07) is 5.94. The van der Waals surface area contributed by atoms with Crippen molar-refractivity contribution in [1.29, 1.82) is 0 Å². The van der Waals surface area contributed by atoms with Crippen molar-refractivity contribution in [2.45, 2.75) is 63.2 Å². The summed E-state index contributed by atoms with van der Waals surface area (Å²) >= 11 is 0. The van der Waals surface area contributed by atoms with Crippen LogP contribution in [0.2, 0.25) is 0 Å². The van der Waals surface area contributed by atoms with Crippen LogP contribution < -0.4 is 0 Å². The maximum Gasteiger partial charge on any atom is 0.337 e. The highest BCUT2D eigenvalue weighted by atomic mass is 32.2. The zero-order valence-corrected chi connectivity index (χ0v) is 15.0. The zero-order valence-electron chi connectivity index (χ0n) is 14.2. The van der Waals surface area contributed by atoms with E-state index in [4.69, 9.17) is 0 Å². The fraction of sp³-hybridized carbons (Fsp3) is 0.611. The minimum Gasteiger partial charge on any atom is -0.465 e. The molecule has 0 radical (unpaired) electrons. The molecule has 1 aromatic carbocycles. The molecule has 23 heavy (non-hydrogen) atoms. The normalized spacial score (nSPS) is 11.4. The Morgan fingerprint density at radius 2 is 1.43 bits per heavy atom. The van der Waals surface area contributed by atoms with Gasteiger partial charge < -0.3 is 4.74 Å². The van der Waals surface area contributed by atoms with Crippen molar-refractivity contribution in [3.8, 4) is 0 Å². The summed E-state index contributed by atoms with van der Waals surface area (Å²) in [5, 5.41) is 0. The molecular formula is C18H28O4S. The second kappa shape index (κ2) is 10.4. The molecule has 0 bridgehead atoms. The molecule has 0 spiro atoms. The lowest BCUT2D eigenvalue weighted by Gasteiger charge is -2.06. The van der Waals surface area contributed by atoms with Gasteiger partial charge in [0.25, 0.3) is 0 Å². The van der Waals surface area contributed by atoms with Crippen LogP contribution in [0.4, 0.5) is 0 Å². The van der Waals surface area contributed by atoms with E-state index in [1.54, 1.807) is 0 Å². The molecule has 0 unspecified atom stereocenters. The molecule has 4 nitrogen and oxygen atoms in total. The van der Waals surface area contributed by atoms with Crippen LogP contribution in [-0.2, 0) is 14.6 Å². The van der Waals surface area contributed by atoms with Crippen LogP contribution in [0.25, 0.3) is 0 Å². The summed E-state index contributed by atoms with van der Waals surface area (Å²) < 4.78 is 29.1. The van der Waals surface area contributed by atoms with E-state index in [9.17, 15) is 13.2 Å². The van der Waals surface area contributed by atoms with Crippen LogP contribution in [0.1, 0.15) is 68.6 Å². The van der Waals surface area contributed by atoms with E-state index in [0.717, 1.165) is 12.8 Å². The first-order valence-electron chi connectivity index (χ1n) is 8.42. The van der Waals surface area contributed by atoms with Gasteiger partial charge in [0.1, 0.15) is 0 Å². The molecule has 0 aliphatic rings. The van der Waals surface area contributed by atoms with Gasteiger partial charge in [-0.25, -0.2) is 13.2 Å². The van der Waals surface area contributed by atoms with Gasteiger partial charge in [0.05, 0.1) is 23.3 Å². The first-order chi connectivity index (χ1) is 11.0. The second-order valence-corrected chi connectivity index (χ2v) is 7.92. The van der Waals surface area contributed by atoms with Gasteiger partial charge >= 0.3 is 5.97 Å². The minimum absolute atomic E-state index is 0.166. The van der Waals surface area contributed by atoms with Crippen LogP contribution in [0.15, 0.2) is 29.2 Å². The Morgan fingerprint density at radius 1 is 0.913 bits per heavy atom. The molecule has 5 heteroatoms. The molecule has 0 aromatic heterocycles. The topological polar surface area (TPSA) is 60.4 Å². The van der Waals surface area contributed by atoms with Gasteiger partial charge in [-0.05, 0) is 30.7 Å². The molecule has 0 saturated carbocycles. The van der Waals surface area contributed by atoms with Gasteiger partial charge in [-0.15, -0.1) is 0 Å². The number of methoxy groups -OCH3 is 1. The number of benzene rings is 1. The predicted molar refractivity (Wildman–Crippen MR) is 92.4 cm³/mol. The standard InChI is InChI=1S/C18H28O4S/c1-3-4-5-6-7-8-9-10-15-23(20,21)17-13-11-16(12-14-17)18(19)22-2/h11-14H,3-10,15H2,1-2H3. The van der Waals surface area contributed by atoms with Crippen molar-refractivity contribution in [3.05, 3.63) is 29.8 Å². The number of rotatable bonds is 11. The highest BCUT2D eigenvalue weighted by molar-refractivity contribution is 7.91. The van der Waals surface area contributed by atoms with Gasteiger partial charge in [-0.2, -0.15) is 0 Å².